The zero-order valence-corrected chi connectivity index (χ0v) is 8.17. The number of hydrogen-bond acceptors (Lipinski definition) is 3. The molecule has 0 bridgehead atoms. The highest BCUT2D eigenvalue weighted by atomic mass is 19.4. The number of likely N-dealkylation sites (N-methyl/N-ethyl adjacent to an activating group) is 1. The molecule has 1 aliphatic heterocycles. The van der Waals surface area contributed by atoms with Crippen molar-refractivity contribution in [3.63, 3.8) is 0 Å². The molecule has 0 unspecified atom stereocenters. The minimum atomic E-state index is -4.45. The van der Waals surface area contributed by atoms with Crippen LogP contribution in [0.4, 0.5) is 13.2 Å². The lowest BCUT2D eigenvalue weighted by atomic mass is 10.1. The van der Waals surface area contributed by atoms with Gasteiger partial charge in [-0.1, -0.05) is 0 Å². The number of halogens is 3. The molecule has 0 aliphatic carbocycles. The molecule has 0 atom stereocenters. The third-order valence-electron chi connectivity index (χ3n) is 2.38. The number of hydrogen-bond donors (Lipinski definition) is 0. The zero-order valence-electron chi connectivity index (χ0n) is 8.17. The van der Waals surface area contributed by atoms with Gasteiger partial charge in [0.15, 0.2) is 0 Å². The van der Waals surface area contributed by atoms with Gasteiger partial charge >= 0.3 is 6.18 Å². The quantitative estimate of drug-likeness (QED) is 0.659. The highest BCUT2D eigenvalue weighted by molar-refractivity contribution is 5.20. The molecule has 3 nitrogen and oxygen atoms in total. The first-order valence-corrected chi connectivity index (χ1v) is 4.57. The minimum Gasteiger partial charge on any atom is -0.302 e. The van der Waals surface area contributed by atoms with Gasteiger partial charge in [-0.2, -0.15) is 13.2 Å². The average molecular weight is 217 g/mol. The van der Waals surface area contributed by atoms with Gasteiger partial charge in [-0.25, -0.2) is 9.97 Å². The first-order chi connectivity index (χ1) is 6.97. The van der Waals surface area contributed by atoms with Crippen molar-refractivity contribution in [3.8, 4) is 0 Å². The maximum Gasteiger partial charge on any atom is 0.451 e. The van der Waals surface area contributed by atoms with Crippen molar-refractivity contribution in [2.24, 2.45) is 0 Å². The van der Waals surface area contributed by atoms with E-state index in [-0.39, 0.29) is 0 Å². The second-order valence-electron chi connectivity index (χ2n) is 3.65. The smallest absolute Gasteiger partial charge is 0.302 e. The van der Waals surface area contributed by atoms with E-state index in [1.54, 1.807) is 0 Å². The molecule has 0 saturated carbocycles. The van der Waals surface area contributed by atoms with Crippen LogP contribution in [0, 0.1) is 0 Å². The Bertz CT molecular complexity index is 375. The van der Waals surface area contributed by atoms with Gasteiger partial charge in [0, 0.05) is 31.3 Å². The normalized spacial score (nSPS) is 17.6. The van der Waals surface area contributed by atoms with E-state index in [0.717, 1.165) is 12.1 Å². The van der Waals surface area contributed by atoms with E-state index in [1.807, 2.05) is 11.9 Å². The molecule has 2 rings (SSSR count). The SMILES string of the molecule is CN1CCc2nc(C(F)(F)F)ncc2C1. The summed E-state index contributed by atoms with van der Waals surface area (Å²) in [6.45, 7) is 1.36. The summed E-state index contributed by atoms with van der Waals surface area (Å²) >= 11 is 0. The molecule has 0 fully saturated rings. The van der Waals surface area contributed by atoms with Gasteiger partial charge in [0.1, 0.15) is 0 Å². The Kier molecular flexibility index (Phi) is 2.38. The highest BCUT2D eigenvalue weighted by Gasteiger charge is 2.35. The average Bonchev–Trinajstić information content (AvgIpc) is 2.15. The van der Waals surface area contributed by atoms with Gasteiger partial charge in [0.2, 0.25) is 5.82 Å². The van der Waals surface area contributed by atoms with Gasteiger partial charge in [0.05, 0.1) is 5.69 Å². The van der Waals surface area contributed by atoms with Gasteiger partial charge in [-0.15, -0.1) is 0 Å². The van der Waals surface area contributed by atoms with Crippen molar-refractivity contribution >= 4 is 0 Å². The summed E-state index contributed by atoms with van der Waals surface area (Å²) in [5.41, 5.74) is 1.31. The lowest BCUT2D eigenvalue weighted by Gasteiger charge is -2.24. The maximum atomic E-state index is 12.3. The molecule has 0 spiro atoms. The monoisotopic (exact) mass is 217 g/mol. The van der Waals surface area contributed by atoms with E-state index in [9.17, 15) is 13.2 Å². The molecule has 2 heterocycles. The van der Waals surface area contributed by atoms with Crippen molar-refractivity contribution in [1.82, 2.24) is 14.9 Å². The molecular weight excluding hydrogens is 207 g/mol. The fourth-order valence-electron chi connectivity index (χ4n) is 1.59. The number of rotatable bonds is 0. The molecule has 0 saturated heterocycles. The fraction of sp³-hybridized carbons (Fsp3) is 0.556. The van der Waals surface area contributed by atoms with Crippen LogP contribution in [0.2, 0.25) is 0 Å². The third-order valence-corrected chi connectivity index (χ3v) is 2.38. The van der Waals surface area contributed by atoms with Crippen LogP contribution in [0.3, 0.4) is 0 Å². The molecule has 15 heavy (non-hydrogen) atoms. The predicted octanol–water partition coefficient (Wildman–Crippen LogP) is 1.48. The standard InChI is InChI=1S/C9H10F3N3/c1-15-3-2-7-6(5-15)4-13-8(14-7)9(10,11)12/h4H,2-3,5H2,1H3. The molecule has 1 aromatic heterocycles. The molecule has 1 aromatic rings. The zero-order chi connectivity index (χ0) is 11.1. The van der Waals surface area contributed by atoms with Gasteiger partial charge in [0.25, 0.3) is 0 Å². The van der Waals surface area contributed by atoms with E-state index in [4.69, 9.17) is 0 Å². The molecule has 6 heteroatoms. The second-order valence-corrected chi connectivity index (χ2v) is 3.65. The molecule has 0 radical (unpaired) electrons. The summed E-state index contributed by atoms with van der Waals surface area (Å²) in [5, 5.41) is 0. The molecular formula is C9H10F3N3. The van der Waals surface area contributed by atoms with Gasteiger partial charge in [-0.05, 0) is 7.05 Å². The largest absolute Gasteiger partial charge is 0.451 e. The minimum absolute atomic E-state index is 0.524. The summed E-state index contributed by atoms with van der Waals surface area (Å²) in [5.74, 6) is -1.04. The summed E-state index contributed by atoms with van der Waals surface area (Å²) in [4.78, 5) is 8.92. The van der Waals surface area contributed by atoms with Crippen LogP contribution in [-0.4, -0.2) is 28.5 Å². The van der Waals surface area contributed by atoms with Crippen LogP contribution >= 0.6 is 0 Å². The molecule has 82 valence electrons. The van der Waals surface area contributed by atoms with Crippen molar-refractivity contribution in [1.29, 1.82) is 0 Å². The van der Waals surface area contributed by atoms with Crippen molar-refractivity contribution in [3.05, 3.63) is 23.3 Å². The van der Waals surface area contributed by atoms with E-state index < -0.39 is 12.0 Å². The summed E-state index contributed by atoms with van der Waals surface area (Å²) in [6, 6.07) is 0. The molecule has 1 aliphatic rings. The number of alkyl halides is 3. The summed E-state index contributed by atoms with van der Waals surface area (Å²) < 4.78 is 36.9. The van der Waals surface area contributed by atoms with Crippen molar-refractivity contribution in [2.45, 2.75) is 19.1 Å². The van der Waals surface area contributed by atoms with Crippen molar-refractivity contribution in [2.75, 3.05) is 13.6 Å². The molecule has 0 N–H and O–H groups in total. The van der Waals surface area contributed by atoms with Gasteiger partial charge < -0.3 is 4.90 Å². The Hall–Kier alpha value is -1.17. The fourth-order valence-corrected chi connectivity index (χ4v) is 1.59. The van der Waals surface area contributed by atoms with E-state index in [2.05, 4.69) is 9.97 Å². The lowest BCUT2D eigenvalue weighted by Crippen LogP contribution is -2.28. The first-order valence-electron chi connectivity index (χ1n) is 4.57. The summed E-state index contributed by atoms with van der Waals surface area (Å²) in [6.07, 6.45) is -2.61. The van der Waals surface area contributed by atoms with E-state index in [0.29, 0.717) is 18.7 Å². The second kappa shape index (κ2) is 3.44. The first kappa shape index (κ1) is 10.4. The van der Waals surface area contributed by atoms with Crippen LogP contribution in [0.5, 0.6) is 0 Å². The Morgan fingerprint density at radius 1 is 1.40 bits per heavy atom. The summed E-state index contributed by atoms with van der Waals surface area (Å²) in [7, 11) is 1.92. The highest BCUT2D eigenvalue weighted by Crippen LogP contribution is 2.27. The topological polar surface area (TPSA) is 29.0 Å². The Morgan fingerprint density at radius 2 is 2.13 bits per heavy atom. The Morgan fingerprint density at radius 3 is 2.80 bits per heavy atom. The Labute approximate surface area is 84.9 Å². The number of fused-ring (bicyclic) bond motifs is 1. The maximum absolute atomic E-state index is 12.3. The van der Waals surface area contributed by atoms with Crippen LogP contribution in [0.15, 0.2) is 6.20 Å². The van der Waals surface area contributed by atoms with Crippen LogP contribution in [0.1, 0.15) is 17.1 Å². The number of aromatic nitrogens is 2. The molecule has 0 aromatic carbocycles. The lowest BCUT2D eigenvalue weighted by molar-refractivity contribution is -0.145. The number of nitrogens with zero attached hydrogens (tertiary/aromatic N) is 3. The van der Waals surface area contributed by atoms with Crippen LogP contribution in [0.25, 0.3) is 0 Å². The molecule has 0 amide bonds. The van der Waals surface area contributed by atoms with Crippen LogP contribution in [-0.2, 0) is 19.1 Å². The van der Waals surface area contributed by atoms with E-state index >= 15 is 0 Å². The van der Waals surface area contributed by atoms with Crippen LogP contribution < -0.4 is 0 Å². The predicted molar refractivity (Wildman–Crippen MR) is 47.1 cm³/mol. The van der Waals surface area contributed by atoms with E-state index in [1.165, 1.54) is 6.20 Å². The Balaban J connectivity index is 2.35. The third kappa shape index (κ3) is 2.09. The van der Waals surface area contributed by atoms with Crippen molar-refractivity contribution < 1.29 is 13.2 Å². The van der Waals surface area contributed by atoms with Gasteiger partial charge in [-0.3, -0.25) is 0 Å².